The third-order valence-electron chi connectivity index (χ3n) is 3.41. The molecular formula is C15H23N5S. The Balaban J connectivity index is 2.03. The second-order valence-electron chi connectivity index (χ2n) is 4.90. The lowest BCUT2D eigenvalue weighted by atomic mass is 10.2. The molecule has 2 N–H and O–H groups in total. The van der Waals surface area contributed by atoms with E-state index < -0.39 is 0 Å². The summed E-state index contributed by atoms with van der Waals surface area (Å²) >= 11 is 1.75. The van der Waals surface area contributed by atoms with Gasteiger partial charge in [-0.05, 0) is 32.2 Å². The van der Waals surface area contributed by atoms with Crippen molar-refractivity contribution in [2.75, 3.05) is 6.54 Å². The molecule has 21 heavy (non-hydrogen) atoms. The minimum Gasteiger partial charge on any atom is -0.357 e. The van der Waals surface area contributed by atoms with E-state index in [1.165, 1.54) is 16.1 Å². The smallest absolute Gasteiger partial charge is 0.191 e. The number of rotatable bonds is 5. The lowest BCUT2D eigenvalue weighted by Gasteiger charge is -2.10. The molecular weight excluding hydrogens is 282 g/mol. The van der Waals surface area contributed by atoms with Gasteiger partial charge in [0.15, 0.2) is 5.96 Å². The van der Waals surface area contributed by atoms with E-state index >= 15 is 0 Å². The minimum atomic E-state index is 0.644. The van der Waals surface area contributed by atoms with Crippen LogP contribution in [0.4, 0.5) is 0 Å². The molecule has 0 atom stereocenters. The molecule has 2 aromatic rings. The number of hydrogen-bond acceptors (Lipinski definition) is 3. The number of aromatic nitrogens is 2. The first-order chi connectivity index (χ1) is 10.1. The van der Waals surface area contributed by atoms with Crippen LogP contribution in [0, 0.1) is 13.8 Å². The highest BCUT2D eigenvalue weighted by molar-refractivity contribution is 7.09. The summed E-state index contributed by atoms with van der Waals surface area (Å²) in [5.74, 6) is 0.841. The summed E-state index contributed by atoms with van der Waals surface area (Å²) in [5.41, 5.74) is 3.42. The first-order valence-electron chi connectivity index (χ1n) is 7.15. The predicted octanol–water partition coefficient (Wildman–Crippen LogP) is 2.35. The van der Waals surface area contributed by atoms with Crippen LogP contribution in [0.1, 0.15) is 28.8 Å². The maximum absolute atomic E-state index is 4.66. The quantitative estimate of drug-likeness (QED) is 0.658. The molecule has 0 spiro atoms. The van der Waals surface area contributed by atoms with Crippen LogP contribution < -0.4 is 10.6 Å². The molecule has 0 amide bonds. The van der Waals surface area contributed by atoms with Crippen molar-refractivity contribution in [2.24, 2.45) is 12.0 Å². The van der Waals surface area contributed by atoms with Gasteiger partial charge in [0, 0.05) is 29.7 Å². The van der Waals surface area contributed by atoms with E-state index in [0.717, 1.165) is 24.7 Å². The van der Waals surface area contributed by atoms with Crippen molar-refractivity contribution < 1.29 is 0 Å². The molecule has 2 rings (SSSR count). The molecule has 0 fully saturated rings. The van der Waals surface area contributed by atoms with Crippen LogP contribution >= 0.6 is 11.3 Å². The Morgan fingerprint density at radius 2 is 2.19 bits per heavy atom. The fourth-order valence-corrected chi connectivity index (χ4v) is 2.77. The van der Waals surface area contributed by atoms with E-state index in [1.807, 2.05) is 18.7 Å². The second-order valence-corrected chi connectivity index (χ2v) is 5.93. The molecule has 0 bridgehead atoms. The predicted molar refractivity (Wildman–Crippen MR) is 88.7 cm³/mol. The fraction of sp³-hybridized carbons (Fsp3) is 0.467. The van der Waals surface area contributed by atoms with Gasteiger partial charge in [-0.1, -0.05) is 6.07 Å². The molecule has 5 nitrogen and oxygen atoms in total. The lowest BCUT2D eigenvalue weighted by molar-refractivity contribution is 0.730. The van der Waals surface area contributed by atoms with Gasteiger partial charge in [-0.15, -0.1) is 11.3 Å². The van der Waals surface area contributed by atoms with Crippen LogP contribution in [0.25, 0.3) is 0 Å². The highest BCUT2D eigenvalue weighted by atomic mass is 32.1. The number of nitrogens with zero attached hydrogens (tertiary/aromatic N) is 3. The van der Waals surface area contributed by atoms with Crippen LogP contribution in [-0.4, -0.2) is 22.3 Å². The van der Waals surface area contributed by atoms with Crippen LogP contribution in [-0.2, 0) is 20.1 Å². The summed E-state index contributed by atoms with van der Waals surface area (Å²) in [6.07, 6.45) is 0. The van der Waals surface area contributed by atoms with E-state index in [-0.39, 0.29) is 0 Å². The van der Waals surface area contributed by atoms with Gasteiger partial charge in [0.05, 0.1) is 18.8 Å². The first kappa shape index (κ1) is 15.6. The van der Waals surface area contributed by atoms with Gasteiger partial charge >= 0.3 is 0 Å². The first-order valence-corrected chi connectivity index (χ1v) is 8.03. The van der Waals surface area contributed by atoms with Crippen molar-refractivity contribution in [2.45, 2.75) is 33.9 Å². The number of aryl methyl sites for hydroxylation is 2. The van der Waals surface area contributed by atoms with Gasteiger partial charge in [-0.3, -0.25) is 4.68 Å². The van der Waals surface area contributed by atoms with Gasteiger partial charge in [0.25, 0.3) is 0 Å². The van der Waals surface area contributed by atoms with Crippen LogP contribution in [0.2, 0.25) is 0 Å². The third-order valence-corrected chi connectivity index (χ3v) is 4.28. The van der Waals surface area contributed by atoms with Crippen molar-refractivity contribution in [1.29, 1.82) is 0 Å². The number of thiophene rings is 1. The Labute approximate surface area is 130 Å². The van der Waals surface area contributed by atoms with Crippen molar-refractivity contribution >= 4 is 17.3 Å². The summed E-state index contributed by atoms with van der Waals surface area (Å²) in [6.45, 7) is 8.48. The molecule has 0 saturated heterocycles. The number of aliphatic imine (C=N–C) groups is 1. The van der Waals surface area contributed by atoms with Crippen molar-refractivity contribution in [3.05, 3.63) is 39.3 Å². The van der Waals surface area contributed by atoms with Crippen molar-refractivity contribution in [1.82, 2.24) is 20.4 Å². The summed E-state index contributed by atoms with van der Waals surface area (Å²) in [4.78, 5) is 5.96. The van der Waals surface area contributed by atoms with E-state index in [9.17, 15) is 0 Å². The lowest BCUT2D eigenvalue weighted by Crippen LogP contribution is -2.36. The molecule has 0 saturated carbocycles. The van der Waals surface area contributed by atoms with Gasteiger partial charge in [0.1, 0.15) is 0 Å². The highest BCUT2D eigenvalue weighted by Crippen LogP contribution is 2.13. The van der Waals surface area contributed by atoms with Gasteiger partial charge in [-0.2, -0.15) is 5.10 Å². The maximum atomic E-state index is 4.66. The van der Waals surface area contributed by atoms with Crippen molar-refractivity contribution in [3.63, 3.8) is 0 Å². The summed E-state index contributed by atoms with van der Waals surface area (Å²) < 4.78 is 1.91. The van der Waals surface area contributed by atoms with Gasteiger partial charge in [0.2, 0.25) is 0 Å². The zero-order chi connectivity index (χ0) is 15.2. The van der Waals surface area contributed by atoms with E-state index in [4.69, 9.17) is 0 Å². The van der Waals surface area contributed by atoms with Crippen molar-refractivity contribution in [3.8, 4) is 0 Å². The average molecular weight is 305 g/mol. The zero-order valence-corrected chi connectivity index (χ0v) is 13.9. The van der Waals surface area contributed by atoms with E-state index in [2.05, 4.69) is 52.1 Å². The Hall–Kier alpha value is -1.82. The monoisotopic (exact) mass is 305 g/mol. The normalized spacial score (nSPS) is 11.7. The van der Waals surface area contributed by atoms with Gasteiger partial charge < -0.3 is 10.6 Å². The maximum Gasteiger partial charge on any atom is 0.191 e. The summed E-state index contributed by atoms with van der Waals surface area (Å²) in [7, 11) is 1.97. The number of guanidine groups is 1. The fourth-order valence-electron chi connectivity index (χ4n) is 2.13. The Morgan fingerprint density at radius 3 is 2.76 bits per heavy atom. The average Bonchev–Trinajstić information content (AvgIpc) is 3.04. The summed E-state index contributed by atoms with van der Waals surface area (Å²) in [5, 5.41) is 13.2. The highest BCUT2D eigenvalue weighted by Gasteiger charge is 2.09. The Bertz CT molecular complexity index is 598. The standard InChI is InChI=1S/C15H23N5S/c1-5-16-15(17-9-13-7-6-8-21-13)18-10-14-11(2)19-20(4)12(14)3/h6-8H,5,9-10H2,1-4H3,(H2,16,17,18). The molecule has 0 aliphatic heterocycles. The Morgan fingerprint density at radius 1 is 1.38 bits per heavy atom. The number of hydrogen-bond donors (Lipinski definition) is 2. The van der Waals surface area contributed by atoms with Gasteiger partial charge in [-0.25, -0.2) is 4.99 Å². The number of nitrogens with one attached hydrogen (secondary N) is 2. The molecule has 0 aliphatic rings. The molecule has 6 heteroatoms. The topological polar surface area (TPSA) is 54.2 Å². The van der Waals surface area contributed by atoms with E-state index in [0.29, 0.717) is 6.54 Å². The zero-order valence-electron chi connectivity index (χ0n) is 13.1. The van der Waals surface area contributed by atoms with Crippen LogP contribution in [0.3, 0.4) is 0 Å². The SMILES string of the molecule is CCNC(=NCc1c(C)nn(C)c1C)NCc1cccs1. The van der Waals surface area contributed by atoms with Crippen LogP contribution in [0.5, 0.6) is 0 Å². The molecule has 0 unspecified atom stereocenters. The molecule has 2 heterocycles. The third kappa shape index (κ3) is 4.07. The largest absolute Gasteiger partial charge is 0.357 e. The summed E-state index contributed by atoms with van der Waals surface area (Å²) in [6, 6.07) is 4.19. The molecule has 0 aliphatic carbocycles. The molecule has 2 aromatic heterocycles. The second kappa shape index (κ2) is 7.26. The molecule has 0 radical (unpaired) electrons. The van der Waals surface area contributed by atoms with E-state index in [1.54, 1.807) is 11.3 Å². The minimum absolute atomic E-state index is 0.644. The molecule has 114 valence electrons. The molecule has 0 aromatic carbocycles. The van der Waals surface area contributed by atoms with Crippen LogP contribution in [0.15, 0.2) is 22.5 Å². The Kier molecular flexibility index (Phi) is 5.38.